The standard InChI is InChI=1S/C20H26N6/c1-2-21-20(24-13-16-26-14-5-6-15-26)23-12-11-22-19-10-9-17-7-3-4-8-18(17)25-19/h3-10,14-15H,2,11-13,16H2,1H3,(H,22,25)(H2,21,23,24). The lowest BCUT2D eigenvalue weighted by molar-refractivity contribution is 0.666. The van der Waals surface area contributed by atoms with Crippen LogP contribution in [0.25, 0.3) is 10.9 Å². The first-order valence-corrected chi connectivity index (χ1v) is 9.08. The molecule has 2 aromatic heterocycles. The van der Waals surface area contributed by atoms with Crippen molar-refractivity contribution in [1.82, 2.24) is 20.2 Å². The minimum Gasteiger partial charge on any atom is -0.368 e. The molecule has 0 radical (unpaired) electrons. The molecule has 0 saturated heterocycles. The van der Waals surface area contributed by atoms with Crippen molar-refractivity contribution < 1.29 is 0 Å². The van der Waals surface area contributed by atoms with Crippen LogP contribution in [-0.2, 0) is 6.54 Å². The van der Waals surface area contributed by atoms with Crippen molar-refractivity contribution in [3.63, 3.8) is 0 Å². The molecule has 0 atom stereocenters. The molecule has 0 aliphatic heterocycles. The molecule has 0 bridgehead atoms. The minimum absolute atomic E-state index is 0.674. The quantitative estimate of drug-likeness (QED) is 0.332. The summed E-state index contributed by atoms with van der Waals surface area (Å²) in [6.45, 7) is 6.07. The van der Waals surface area contributed by atoms with Crippen LogP contribution in [0.3, 0.4) is 0 Å². The molecule has 0 unspecified atom stereocenters. The Bertz CT molecular complexity index is 825. The normalized spacial score (nSPS) is 11.5. The van der Waals surface area contributed by atoms with E-state index in [0.717, 1.165) is 48.9 Å². The van der Waals surface area contributed by atoms with Gasteiger partial charge in [-0.05, 0) is 37.3 Å². The molecule has 2 heterocycles. The fraction of sp³-hybridized carbons (Fsp3) is 0.300. The zero-order chi connectivity index (χ0) is 18.0. The second-order valence-electron chi connectivity index (χ2n) is 5.92. The van der Waals surface area contributed by atoms with E-state index in [9.17, 15) is 0 Å². The molecular formula is C20H26N6. The van der Waals surface area contributed by atoms with Gasteiger partial charge in [-0.3, -0.25) is 4.99 Å². The number of nitrogens with one attached hydrogen (secondary N) is 3. The molecule has 26 heavy (non-hydrogen) atoms. The number of guanidine groups is 1. The number of aliphatic imine (C=N–C) groups is 1. The maximum atomic E-state index is 4.61. The number of hydrogen-bond donors (Lipinski definition) is 3. The first-order chi connectivity index (χ1) is 12.8. The summed E-state index contributed by atoms with van der Waals surface area (Å²) >= 11 is 0. The van der Waals surface area contributed by atoms with Crippen molar-refractivity contribution in [3.05, 3.63) is 60.9 Å². The SMILES string of the molecule is CCNC(=NCCNc1ccc2ccccc2n1)NCCn1cccc1. The third kappa shape index (κ3) is 5.24. The van der Waals surface area contributed by atoms with E-state index >= 15 is 0 Å². The molecule has 3 aromatic rings. The third-order valence-electron chi connectivity index (χ3n) is 3.96. The number of para-hydroxylation sites is 1. The van der Waals surface area contributed by atoms with Gasteiger partial charge >= 0.3 is 0 Å². The highest BCUT2D eigenvalue weighted by molar-refractivity contribution is 5.80. The highest BCUT2D eigenvalue weighted by atomic mass is 15.2. The van der Waals surface area contributed by atoms with Gasteiger partial charge in [0.05, 0.1) is 12.1 Å². The van der Waals surface area contributed by atoms with Crippen molar-refractivity contribution in [2.24, 2.45) is 4.99 Å². The maximum absolute atomic E-state index is 4.61. The number of benzene rings is 1. The predicted octanol–water partition coefficient (Wildman–Crippen LogP) is 2.70. The summed E-state index contributed by atoms with van der Waals surface area (Å²) < 4.78 is 2.14. The summed E-state index contributed by atoms with van der Waals surface area (Å²) in [5.74, 6) is 1.72. The van der Waals surface area contributed by atoms with E-state index in [0.29, 0.717) is 6.54 Å². The summed E-state index contributed by atoms with van der Waals surface area (Å²) in [5.41, 5.74) is 1.00. The Hall–Kier alpha value is -3.02. The topological polar surface area (TPSA) is 66.3 Å². The van der Waals surface area contributed by atoms with Crippen LogP contribution >= 0.6 is 0 Å². The molecule has 6 nitrogen and oxygen atoms in total. The van der Waals surface area contributed by atoms with Gasteiger partial charge in [-0.1, -0.05) is 18.2 Å². The molecule has 136 valence electrons. The Kier molecular flexibility index (Phi) is 6.47. The summed E-state index contributed by atoms with van der Waals surface area (Å²) in [5, 5.41) is 11.1. The lowest BCUT2D eigenvalue weighted by atomic mass is 10.2. The molecule has 0 spiro atoms. The van der Waals surface area contributed by atoms with Gasteiger partial charge in [-0.25, -0.2) is 4.98 Å². The van der Waals surface area contributed by atoms with E-state index < -0.39 is 0 Å². The van der Waals surface area contributed by atoms with Gasteiger partial charge in [0.2, 0.25) is 0 Å². The highest BCUT2D eigenvalue weighted by Crippen LogP contribution is 2.14. The van der Waals surface area contributed by atoms with Gasteiger partial charge in [-0.15, -0.1) is 0 Å². The largest absolute Gasteiger partial charge is 0.368 e. The number of anilines is 1. The Morgan fingerprint density at radius 3 is 2.69 bits per heavy atom. The number of pyridine rings is 1. The molecular weight excluding hydrogens is 324 g/mol. The van der Waals surface area contributed by atoms with E-state index in [1.54, 1.807) is 0 Å². The number of aromatic nitrogens is 2. The Morgan fingerprint density at radius 2 is 1.85 bits per heavy atom. The van der Waals surface area contributed by atoms with Crippen LogP contribution in [0, 0.1) is 0 Å². The molecule has 1 aromatic carbocycles. The van der Waals surface area contributed by atoms with E-state index in [-0.39, 0.29) is 0 Å². The molecule has 3 N–H and O–H groups in total. The van der Waals surface area contributed by atoms with Crippen LogP contribution < -0.4 is 16.0 Å². The van der Waals surface area contributed by atoms with E-state index in [1.165, 1.54) is 0 Å². The van der Waals surface area contributed by atoms with Gasteiger partial charge in [-0.2, -0.15) is 0 Å². The van der Waals surface area contributed by atoms with Gasteiger partial charge in [0.25, 0.3) is 0 Å². The predicted molar refractivity (Wildman–Crippen MR) is 109 cm³/mol. The van der Waals surface area contributed by atoms with Crippen LogP contribution in [0.5, 0.6) is 0 Å². The van der Waals surface area contributed by atoms with Crippen LogP contribution in [0.15, 0.2) is 65.9 Å². The van der Waals surface area contributed by atoms with Crippen LogP contribution in [0.1, 0.15) is 6.92 Å². The molecule has 0 aliphatic carbocycles. The first-order valence-electron chi connectivity index (χ1n) is 9.08. The minimum atomic E-state index is 0.674. The van der Waals surface area contributed by atoms with E-state index in [4.69, 9.17) is 0 Å². The fourth-order valence-electron chi connectivity index (χ4n) is 2.68. The van der Waals surface area contributed by atoms with E-state index in [2.05, 4.69) is 61.9 Å². The second kappa shape index (κ2) is 9.46. The second-order valence-corrected chi connectivity index (χ2v) is 5.92. The van der Waals surface area contributed by atoms with Crippen molar-refractivity contribution >= 4 is 22.7 Å². The average Bonchev–Trinajstić information content (AvgIpc) is 3.18. The van der Waals surface area contributed by atoms with Gasteiger partial charge < -0.3 is 20.5 Å². The molecule has 3 rings (SSSR count). The zero-order valence-electron chi connectivity index (χ0n) is 15.2. The van der Waals surface area contributed by atoms with Crippen molar-refractivity contribution in [2.45, 2.75) is 13.5 Å². The lowest BCUT2D eigenvalue weighted by Crippen LogP contribution is -2.39. The lowest BCUT2D eigenvalue weighted by Gasteiger charge is -2.12. The van der Waals surface area contributed by atoms with Gasteiger partial charge in [0.1, 0.15) is 5.82 Å². The monoisotopic (exact) mass is 350 g/mol. The first kappa shape index (κ1) is 17.8. The summed E-state index contributed by atoms with van der Waals surface area (Å²) in [7, 11) is 0. The highest BCUT2D eigenvalue weighted by Gasteiger charge is 1.99. The number of nitrogens with zero attached hydrogens (tertiary/aromatic N) is 3. The zero-order valence-corrected chi connectivity index (χ0v) is 15.2. The molecule has 0 aliphatic rings. The van der Waals surface area contributed by atoms with Gasteiger partial charge in [0, 0.05) is 44.0 Å². The van der Waals surface area contributed by atoms with Crippen LogP contribution in [-0.4, -0.2) is 41.7 Å². The number of rotatable bonds is 8. The van der Waals surface area contributed by atoms with Crippen molar-refractivity contribution in [2.75, 3.05) is 31.5 Å². The smallest absolute Gasteiger partial charge is 0.191 e. The number of fused-ring (bicyclic) bond motifs is 1. The maximum Gasteiger partial charge on any atom is 0.191 e. The van der Waals surface area contributed by atoms with Gasteiger partial charge in [0.15, 0.2) is 5.96 Å². The molecule has 0 saturated carbocycles. The molecule has 6 heteroatoms. The Labute approximate surface area is 154 Å². The summed E-state index contributed by atoms with van der Waals surface area (Å²) in [6.07, 6.45) is 4.12. The molecule has 0 amide bonds. The fourth-order valence-corrected chi connectivity index (χ4v) is 2.68. The van der Waals surface area contributed by atoms with Crippen molar-refractivity contribution in [3.8, 4) is 0 Å². The average molecular weight is 350 g/mol. The van der Waals surface area contributed by atoms with E-state index in [1.807, 2.05) is 36.4 Å². The van der Waals surface area contributed by atoms with Crippen LogP contribution in [0.4, 0.5) is 5.82 Å². The molecule has 0 fully saturated rings. The Balaban J connectivity index is 1.46. The van der Waals surface area contributed by atoms with Crippen LogP contribution in [0.2, 0.25) is 0 Å². The summed E-state index contributed by atoms with van der Waals surface area (Å²) in [4.78, 5) is 9.22. The third-order valence-corrected chi connectivity index (χ3v) is 3.96. The number of hydrogen-bond acceptors (Lipinski definition) is 3. The Morgan fingerprint density at radius 1 is 1.00 bits per heavy atom. The van der Waals surface area contributed by atoms with Crippen molar-refractivity contribution in [1.29, 1.82) is 0 Å². The summed E-state index contributed by atoms with van der Waals surface area (Å²) in [6, 6.07) is 16.3.